The van der Waals surface area contributed by atoms with Crippen LogP contribution in [0.4, 0.5) is 11.4 Å². The molecule has 1 heterocycles. The molecule has 1 aliphatic heterocycles. The van der Waals surface area contributed by atoms with Crippen LogP contribution in [-0.4, -0.2) is 49.2 Å². The number of anilines is 1. The predicted molar refractivity (Wildman–Crippen MR) is 125 cm³/mol. The SMILES string of the molecule is O=C(COC(=O)/C=C/c1ccc(S(=O)(=O)N2CCCCCC2)cc1)Nc1cccc([N+](=O)[O-])c1. The number of nitrogens with one attached hydrogen (secondary N) is 1. The summed E-state index contributed by atoms with van der Waals surface area (Å²) in [5.41, 5.74) is 0.622. The van der Waals surface area contributed by atoms with Gasteiger partial charge >= 0.3 is 5.97 Å². The molecule has 10 nitrogen and oxygen atoms in total. The molecule has 1 saturated heterocycles. The molecule has 0 atom stereocenters. The van der Waals surface area contributed by atoms with Gasteiger partial charge in [-0.15, -0.1) is 0 Å². The number of rotatable bonds is 8. The molecule has 34 heavy (non-hydrogen) atoms. The number of sulfonamides is 1. The average molecular weight is 488 g/mol. The maximum absolute atomic E-state index is 12.8. The third-order valence-corrected chi connectivity index (χ3v) is 7.09. The number of nitrogens with zero attached hydrogens (tertiary/aromatic N) is 2. The number of hydrogen-bond donors (Lipinski definition) is 1. The maximum Gasteiger partial charge on any atom is 0.331 e. The summed E-state index contributed by atoms with van der Waals surface area (Å²) in [6, 6.07) is 11.5. The molecule has 11 heteroatoms. The van der Waals surface area contributed by atoms with Crippen LogP contribution in [0.5, 0.6) is 0 Å². The lowest BCUT2D eigenvalue weighted by molar-refractivity contribution is -0.384. The second-order valence-corrected chi connectivity index (χ2v) is 9.62. The maximum atomic E-state index is 12.8. The van der Waals surface area contributed by atoms with Gasteiger partial charge < -0.3 is 10.1 Å². The average Bonchev–Trinajstić information content (AvgIpc) is 3.12. The topological polar surface area (TPSA) is 136 Å². The number of benzene rings is 2. The smallest absolute Gasteiger partial charge is 0.331 e. The van der Waals surface area contributed by atoms with Crippen LogP contribution in [-0.2, 0) is 24.3 Å². The lowest BCUT2D eigenvalue weighted by atomic mass is 10.2. The number of hydrogen-bond acceptors (Lipinski definition) is 7. The standard InChI is InChI=1S/C23H25N3O7S/c27-22(24-19-6-5-7-20(16-19)26(29)30)17-33-23(28)13-10-18-8-11-21(12-9-18)34(31,32)25-14-3-1-2-4-15-25/h5-13,16H,1-4,14-15,17H2,(H,24,27)/b13-10+. The molecule has 1 fully saturated rings. The predicted octanol–water partition coefficient (Wildman–Crippen LogP) is 3.35. The second kappa shape index (κ2) is 11.5. The summed E-state index contributed by atoms with van der Waals surface area (Å²) in [4.78, 5) is 34.2. The Bertz CT molecular complexity index is 1170. The number of nitro groups is 1. The van der Waals surface area contributed by atoms with E-state index in [1.54, 1.807) is 12.1 Å². The van der Waals surface area contributed by atoms with Crippen molar-refractivity contribution in [2.24, 2.45) is 0 Å². The van der Waals surface area contributed by atoms with Gasteiger partial charge in [-0.3, -0.25) is 14.9 Å². The molecule has 1 amide bonds. The molecule has 0 radical (unpaired) electrons. The summed E-state index contributed by atoms with van der Waals surface area (Å²) in [6.07, 6.45) is 6.34. The van der Waals surface area contributed by atoms with Crippen LogP contribution in [0.1, 0.15) is 31.2 Å². The highest BCUT2D eigenvalue weighted by atomic mass is 32.2. The van der Waals surface area contributed by atoms with Gasteiger partial charge in [0.15, 0.2) is 6.61 Å². The van der Waals surface area contributed by atoms with Crippen molar-refractivity contribution < 1.29 is 27.7 Å². The van der Waals surface area contributed by atoms with Gasteiger partial charge in [0, 0.05) is 37.0 Å². The number of carbonyl (C=O) groups is 2. The minimum Gasteiger partial charge on any atom is -0.452 e. The molecule has 0 aromatic heterocycles. The first-order valence-electron chi connectivity index (χ1n) is 10.7. The van der Waals surface area contributed by atoms with Crippen molar-refractivity contribution in [3.63, 3.8) is 0 Å². The Balaban J connectivity index is 1.51. The molecule has 0 unspecified atom stereocenters. The van der Waals surface area contributed by atoms with Crippen LogP contribution in [0.3, 0.4) is 0 Å². The van der Waals surface area contributed by atoms with Crippen molar-refractivity contribution in [2.45, 2.75) is 30.6 Å². The van der Waals surface area contributed by atoms with Crippen LogP contribution in [0.15, 0.2) is 59.5 Å². The fraction of sp³-hybridized carbons (Fsp3) is 0.304. The zero-order chi connectivity index (χ0) is 24.6. The lowest BCUT2D eigenvalue weighted by Crippen LogP contribution is -2.31. The molecule has 2 aromatic carbocycles. The van der Waals surface area contributed by atoms with Crippen molar-refractivity contribution in [2.75, 3.05) is 25.0 Å². The van der Waals surface area contributed by atoms with Gasteiger partial charge in [-0.25, -0.2) is 13.2 Å². The fourth-order valence-electron chi connectivity index (χ4n) is 3.43. The molecule has 180 valence electrons. The van der Waals surface area contributed by atoms with Crippen molar-refractivity contribution in [1.82, 2.24) is 4.31 Å². The number of ether oxygens (including phenoxy) is 1. The fourth-order valence-corrected chi connectivity index (χ4v) is 4.94. The minimum absolute atomic E-state index is 0.178. The van der Waals surface area contributed by atoms with Crippen molar-refractivity contribution in [3.05, 3.63) is 70.3 Å². The Morgan fingerprint density at radius 1 is 1.06 bits per heavy atom. The first-order chi connectivity index (χ1) is 16.3. The first kappa shape index (κ1) is 25.1. The van der Waals surface area contributed by atoms with Crippen LogP contribution in [0, 0.1) is 10.1 Å². The highest BCUT2D eigenvalue weighted by Crippen LogP contribution is 2.21. The minimum atomic E-state index is -3.55. The van der Waals surface area contributed by atoms with E-state index in [9.17, 15) is 28.1 Å². The summed E-state index contributed by atoms with van der Waals surface area (Å²) in [5, 5.41) is 13.2. The van der Waals surface area contributed by atoms with Gasteiger partial charge in [0.1, 0.15) is 0 Å². The zero-order valence-electron chi connectivity index (χ0n) is 18.4. The summed E-state index contributed by atoms with van der Waals surface area (Å²) < 4.78 is 32.0. The summed E-state index contributed by atoms with van der Waals surface area (Å²) >= 11 is 0. The van der Waals surface area contributed by atoms with E-state index in [2.05, 4.69) is 5.32 Å². The molecule has 1 aliphatic rings. The molecule has 0 saturated carbocycles. The molecule has 0 spiro atoms. The van der Waals surface area contributed by atoms with E-state index in [0.717, 1.165) is 31.8 Å². The Morgan fingerprint density at radius 2 is 1.74 bits per heavy atom. The highest BCUT2D eigenvalue weighted by Gasteiger charge is 2.24. The molecule has 3 rings (SSSR count). The van der Waals surface area contributed by atoms with Crippen LogP contribution < -0.4 is 5.32 Å². The molecule has 1 N–H and O–H groups in total. The zero-order valence-corrected chi connectivity index (χ0v) is 19.2. The van der Waals surface area contributed by atoms with Crippen molar-refractivity contribution in [3.8, 4) is 0 Å². The summed E-state index contributed by atoms with van der Waals surface area (Å²) in [7, 11) is -3.55. The monoisotopic (exact) mass is 487 g/mol. The third-order valence-electron chi connectivity index (χ3n) is 5.18. The summed E-state index contributed by atoms with van der Waals surface area (Å²) in [6.45, 7) is 0.466. The molecular weight excluding hydrogens is 462 g/mol. The van der Waals surface area contributed by atoms with E-state index < -0.39 is 33.4 Å². The summed E-state index contributed by atoms with van der Waals surface area (Å²) in [5.74, 6) is -1.42. The molecule has 0 bridgehead atoms. The van der Waals surface area contributed by atoms with Gasteiger partial charge in [-0.05, 0) is 42.7 Å². The van der Waals surface area contributed by atoms with Crippen molar-refractivity contribution >= 4 is 39.4 Å². The van der Waals surface area contributed by atoms with E-state index in [0.29, 0.717) is 18.7 Å². The van der Waals surface area contributed by atoms with E-state index >= 15 is 0 Å². The number of non-ortho nitro benzene ring substituents is 1. The van der Waals surface area contributed by atoms with Crippen molar-refractivity contribution in [1.29, 1.82) is 0 Å². The van der Waals surface area contributed by atoms with Crippen LogP contribution >= 0.6 is 0 Å². The van der Waals surface area contributed by atoms with Gasteiger partial charge in [-0.1, -0.05) is 31.0 Å². The lowest BCUT2D eigenvalue weighted by Gasteiger charge is -2.19. The Kier molecular flexibility index (Phi) is 8.50. The van der Waals surface area contributed by atoms with Crippen LogP contribution in [0.2, 0.25) is 0 Å². The quantitative estimate of drug-likeness (QED) is 0.261. The van der Waals surface area contributed by atoms with E-state index in [1.807, 2.05) is 0 Å². The van der Waals surface area contributed by atoms with E-state index in [4.69, 9.17) is 4.74 Å². The third kappa shape index (κ3) is 6.96. The molecule has 0 aliphatic carbocycles. The van der Waals surface area contributed by atoms with Gasteiger partial charge in [0.2, 0.25) is 10.0 Å². The second-order valence-electron chi connectivity index (χ2n) is 7.68. The van der Waals surface area contributed by atoms with Gasteiger partial charge in [-0.2, -0.15) is 4.31 Å². The Hall–Kier alpha value is -3.57. The number of esters is 1. The highest BCUT2D eigenvalue weighted by molar-refractivity contribution is 7.89. The molecular formula is C23H25N3O7S. The normalized spacial score (nSPS) is 14.9. The Morgan fingerprint density at radius 3 is 2.38 bits per heavy atom. The largest absolute Gasteiger partial charge is 0.452 e. The number of amides is 1. The number of nitro benzene ring substituents is 1. The van der Waals surface area contributed by atoms with Gasteiger partial charge in [0.25, 0.3) is 11.6 Å². The van der Waals surface area contributed by atoms with Gasteiger partial charge in [0.05, 0.1) is 9.82 Å². The van der Waals surface area contributed by atoms with E-state index in [-0.39, 0.29) is 16.3 Å². The number of carbonyl (C=O) groups excluding carboxylic acids is 2. The first-order valence-corrected chi connectivity index (χ1v) is 12.2. The van der Waals surface area contributed by atoms with Crippen LogP contribution in [0.25, 0.3) is 6.08 Å². The Labute approximate surface area is 197 Å². The van der Waals surface area contributed by atoms with E-state index in [1.165, 1.54) is 46.8 Å². The molecule has 2 aromatic rings.